The molecule has 1 amide bonds. The van der Waals surface area contributed by atoms with Crippen LogP contribution in [0.15, 0.2) is 59.8 Å². The lowest BCUT2D eigenvalue weighted by Crippen LogP contribution is -2.48. The van der Waals surface area contributed by atoms with Gasteiger partial charge in [0, 0.05) is 31.5 Å². The molecule has 2 aliphatic rings. The van der Waals surface area contributed by atoms with Crippen molar-refractivity contribution in [3.8, 4) is 0 Å². The van der Waals surface area contributed by atoms with E-state index < -0.39 is 15.9 Å². The summed E-state index contributed by atoms with van der Waals surface area (Å²) in [5.41, 5.74) is 5.88. The third-order valence-electron chi connectivity index (χ3n) is 5.87. The second-order valence-corrected chi connectivity index (χ2v) is 9.87. The van der Waals surface area contributed by atoms with Crippen molar-refractivity contribution in [2.45, 2.75) is 30.8 Å². The Bertz CT molecular complexity index is 1170. The van der Waals surface area contributed by atoms with Crippen LogP contribution in [0.5, 0.6) is 0 Å². The van der Waals surface area contributed by atoms with Crippen LogP contribution >= 0.6 is 0 Å². The molecule has 30 heavy (non-hydrogen) atoms. The first-order valence-corrected chi connectivity index (χ1v) is 11.4. The first kappa shape index (κ1) is 19.2. The quantitative estimate of drug-likeness (QED) is 0.686. The lowest BCUT2D eigenvalue weighted by molar-refractivity contribution is -0.133. The number of aromatic nitrogens is 2. The van der Waals surface area contributed by atoms with Crippen LogP contribution in [0.1, 0.15) is 17.7 Å². The summed E-state index contributed by atoms with van der Waals surface area (Å²) in [5, 5.41) is 1.58. The second kappa shape index (κ2) is 7.19. The molecule has 0 radical (unpaired) electrons. The highest BCUT2D eigenvalue weighted by Gasteiger charge is 2.46. The molecule has 2 unspecified atom stereocenters. The van der Waals surface area contributed by atoms with Crippen molar-refractivity contribution >= 4 is 21.6 Å². The van der Waals surface area contributed by atoms with Gasteiger partial charge in [0.05, 0.1) is 23.1 Å². The normalized spacial score (nSPS) is 22.6. The van der Waals surface area contributed by atoms with Gasteiger partial charge in [0.15, 0.2) is 0 Å². The topological polar surface area (TPSA) is 87.0 Å². The number of nitrogens with one attached hydrogen (secondary N) is 1. The molecule has 2 aliphatic heterocycles. The molecule has 2 aromatic heterocycles. The summed E-state index contributed by atoms with van der Waals surface area (Å²) in [5.74, 6) is -0.475. The summed E-state index contributed by atoms with van der Waals surface area (Å²) in [6.45, 7) is 2.84. The summed E-state index contributed by atoms with van der Waals surface area (Å²) < 4.78 is 29.4. The number of aryl methyl sites for hydroxylation is 1. The third kappa shape index (κ3) is 3.28. The minimum atomic E-state index is -3.62. The third-order valence-corrected chi connectivity index (χ3v) is 7.75. The van der Waals surface area contributed by atoms with E-state index in [-0.39, 0.29) is 23.4 Å². The minimum Gasteiger partial charge on any atom is -0.307 e. The standard InChI is InChI=1S/C21H23N5O3S/c1-15-5-7-17(8-6-15)30(28,29)25-11-9-19-18(14-25)21(27)26(23-19)13-16-12-24-10-3-2-4-20(24)22-16/h2-8,10,12,18-19,23H,9,11,13-14H2,1H3. The predicted molar refractivity (Wildman–Crippen MR) is 111 cm³/mol. The summed E-state index contributed by atoms with van der Waals surface area (Å²) in [6, 6.07) is 12.5. The van der Waals surface area contributed by atoms with Crippen molar-refractivity contribution < 1.29 is 13.2 Å². The first-order chi connectivity index (χ1) is 14.4. The fraction of sp³-hybridized carbons (Fsp3) is 0.333. The Morgan fingerprint density at radius 1 is 1.17 bits per heavy atom. The number of benzene rings is 1. The average Bonchev–Trinajstić information content (AvgIpc) is 3.28. The first-order valence-electron chi connectivity index (χ1n) is 9.99. The van der Waals surface area contributed by atoms with Crippen LogP contribution in [-0.4, -0.2) is 52.2 Å². The number of hydrogen-bond acceptors (Lipinski definition) is 5. The van der Waals surface area contributed by atoms with Crippen LogP contribution < -0.4 is 5.43 Å². The van der Waals surface area contributed by atoms with Gasteiger partial charge in [0.2, 0.25) is 15.9 Å². The number of pyridine rings is 1. The zero-order valence-electron chi connectivity index (χ0n) is 16.6. The van der Waals surface area contributed by atoms with Gasteiger partial charge in [-0.25, -0.2) is 18.8 Å². The summed E-state index contributed by atoms with van der Waals surface area (Å²) >= 11 is 0. The predicted octanol–water partition coefficient (Wildman–Crippen LogP) is 1.57. The van der Waals surface area contributed by atoms with Crippen molar-refractivity contribution in [1.29, 1.82) is 0 Å². The summed E-state index contributed by atoms with van der Waals surface area (Å²) in [6.07, 6.45) is 4.40. The maximum Gasteiger partial charge on any atom is 0.243 e. The molecule has 0 aliphatic carbocycles. The van der Waals surface area contributed by atoms with Gasteiger partial charge in [-0.2, -0.15) is 4.31 Å². The monoisotopic (exact) mass is 425 g/mol. The molecule has 0 bridgehead atoms. The van der Waals surface area contributed by atoms with Gasteiger partial charge in [0.25, 0.3) is 0 Å². The van der Waals surface area contributed by atoms with Gasteiger partial charge in [-0.1, -0.05) is 23.8 Å². The van der Waals surface area contributed by atoms with Gasteiger partial charge >= 0.3 is 0 Å². The van der Waals surface area contributed by atoms with Gasteiger partial charge in [0.1, 0.15) is 5.65 Å². The molecule has 2 atom stereocenters. The number of carbonyl (C=O) groups excluding carboxylic acids is 1. The van der Waals surface area contributed by atoms with Crippen molar-refractivity contribution in [3.63, 3.8) is 0 Å². The molecule has 2 saturated heterocycles. The molecule has 0 saturated carbocycles. The fourth-order valence-electron chi connectivity index (χ4n) is 4.22. The molecular formula is C21H23N5O3S. The molecule has 4 heterocycles. The fourth-order valence-corrected chi connectivity index (χ4v) is 5.70. The number of imidazole rings is 1. The largest absolute Gasteiger partial charge is 0.307 e. The Morgan fingerprint density at radius 3 is 2.73 bits per heavy atom. The van der Waals surface area contributed by atoms with E-state index >= 15 is 0 Å². The summed E-state index contributed by atoms with van der Waals surface area (Å²) in [4.78, 5) is 17.8. The lowest BCUT2D eigenvalue weighted by Gasteiger charge is -2.32. The molecule has 156 valence electrons. The highest BCUT2D eigenvalue weighted by Crippen LogP contribution is 2.29. The number of sulfonamides is 1. The molecule has 1 N–H and O–H groups in total. The molecule has 5 rings (SSSR count). The number of carbonyl (C=O) groups is 1. The average molecular weight is 426 g/mol. The van der Waals surface area contributed by atoms with Crippen LogP contribution in [0.25, 0.3) is 5.65 Å². The molecule has 2 fully saturated rings. The maximum atomic E-state index is 13.0. The molecule has 3 aromatic rings. The van der Waals surface area contributed by atoms with E-state index in [1.54, 1.807) is 29.3 Å². The van der Waals surface area contributed by atoms with E-state index in [0.717, 1.165) is 16.9 Å². The van der Waals surface area contributed by atoms with Crippen molar-refractivity contribution in [2.75, 3.05) is 13.1 Å². The molecule has 8 nitrogen and oxygen atoms in total. The number of rotatable bonds is 4. The van der Waals surface area contributed by atoms with Gasteiger partial charge in [-0.15, -0.1) is 0 Å². The van der Waals surface area contributed by atoms with Gasteiger partial charge in [-0.3, -0.25) is 9.80 Å². The Morgan fingerprint density at radius 2 is 1.97 bits per heavy atom. The summed E-state index contributed by atoms with van der Waals surface area (Å²) in [7, 11) is -3.62. The molecule has 1 aromatic carbocycles. The van der Waals surface area contributed by atoms with Crippen LogP contribution in [-0.2, 0) is 21.4 Å². The number of hydrazine groups is 1. The van der Waals surface area contributed by atoms with E-state index in [9.17, 15) is 13.2 Å². The minimum absolute atomic E-state index is 0.0565. The number of amides is 1. The van der Waals surface area contributed by atoms with Crippen LogP contribution in [0.2, 0.25) is 0 Å². The zero-order chi connectivity index (χ0) is 20.9. The van der Waals surface area contributed by atoms with Crippen molar-refractivity contribution in [1.82, 2.24) is 24.1 Å². The Kier molecular flexibility index (Phi) is 4.61. The van der Waals surface area contributed by atoms with Crippen molar-refractivity contribution in [2.24, 2.45) is 5.92 Å². The SMILES string of the molecule is Cc1ccc(S(=O)(=O)N2CCC3NN(Cc4cn5ccccc5n4)C(=O)C3C2)cc1. The van der Waals surface area contributed by atoms with Crippen LogP contribution in [0.3, 0.4) is 0 Å². The smallest absolute Gasteiger partial charge is 0.243 e. The zero-order valence-corrected chi connectivity index (χ0v) is 17.4. The Balaban J connectivity index is 1.32. The van der Waals surface area contributed by atoms with E-state index in [0.29, 0.717) is 19.5 Å². The second-order valence-electron chi connectivity index (χ2n) is 7.93. The van der Waals surface area contributed by atoms with Gasteiger partial charge < -0.3 is 4.40 Å². The Hall–Kier alpha value is -2.75. The van der Waals surface area contributed by atoms with E-state index in [1.807, 2.05) is 41.9 Å². The number of piperidine rings is 1. The van der Waals surface area contributed by atoms with Gasteiger partial charge in [-0.05, 0) is 37.6 Å². The highest BCUT2D eigenvalue weighted by molar-refractivity contribution is 7.89. The molecule has 9 heteroatoms. The molecular weight excluding hydrogens is 402 g/mol. The van der Waals surface area contributed by atoms with E-state index in [2.05, 4.69) is 10.4 Å². The van der Waals surface area contributed by atoms with Crippen LogP contribution in [0.4, 0.5) is 0 Å². The van der Waals surface area contributed by atoms with E-state index in [4.69, 9.17) is 0 Å². The highest BCUT2D eigenvalue weighted by atomic mass is 32.2. The number of hydrogen-bond donors (Lipinski definition) is 1. The lowest BCUT2D eigenvalue weighted by atomic mass is 9.95. The number of nitrogens with zero attached hydrogens (tertiary/aromatic N) is 4. The molecule has 0 spiro atoms. The van der Waals surface area contributed by atoms with Crippen molar-refractivity contribution in [3.05, 3.63) is 66.1 Å². The van der Waals surface area contributed by atoms with E-state index in [1.165, 1.54) is 4.31 Å². The maximum absolute atomic E-state index is 13.0. The Labute approximate surface area is 175 Å². The van der Waals surface area contributed by atoms with Crippen LogP contribution in [0, 0.1) is 12.8 Å². The number of fused-ring (bicyclic) bond motifs is 2.